The van der Waals surface area contributed by atoms with Crippen LogP contribution in [0.2, 0.25) is 0 Å². The molecule has 0 unspecified atom stereocenters. The SMILES string of the molecule is c1ccc(-c2ccccc2-c2c3ccccc3c(-c3ccc(-c4c5ccccc5c(-c5ccc(N6c7ccccc7-c7ccccc7-c7ccccc76)cc5)c5ccccc45)cc3)c3ccccc23)cc1. The van der Waals surface area contributed by atoms with Crippen LogP contribution in [-0.2, 0) is 0 Å². The molecule has 1 aliphatic heterocycles. The van der Waals surface area contributed by atoms with Crippen LogP contribution >= 0.6 is 0 Å². The van der Waals surface area contributed by atoms with E-state index in [2.05, 4.69) is 278 Å². The maximum Gasteiger partial charge on any atom is 0.0540 e. The molecule has 1 aliphatic rings. The van der Waals surface area contributed by atoms with Crippen molar-refractivity contribution in [1.82, 2.24) is 0 Å². The zero-order chi connectivity index (χ0) is 46.8. The molecule has 1 heterocycles. The van der Waals surface area contributed by atoms with Crippen LogP contribution in [-0.4, -0.2) is 0 Å². The molecule has 0 aromatic heterocycles. The third kappa shape index (κ3) is 6.55. The van der Waals surface area contributed by atoms with Crippen molar-refractivity contribution in [3.63, 3.8) is 0 Å². The number of benzene rings is 13. The van der Waals surface area contributed by atoms with Crippen LogP contribution in [0.25, 0.3) is 121 Å². The van der Waals surface area contributed by atoms with Crippen molar-refractivity contribution < 1.29 is 0 Å². The first-order chi connectivity index (χ1) is 35.3. The highest BCUT2D eigenvalue weighted by Gasteiger charge is 2.26. The quantitative estimate of drug-likeness (QED) is 0.150. The number of hydrogen-bond acceptors (Lipinski definition) is 1. The standard InChI is InChI=1S/C70H45N/c1-2-20-46(21-3-1)51-22-4-7-27-56(51)70-63-34-14-12-32-61(63)68(62-33-13-15-35-64(62)70)48-40-38-47(39-41-48)67-57-28-8-10-30-59(57)69(60-31-11-9-29-58(60)67)49-42-44-50(45-43-49)71-65-36-18-16-25-54(65)52-23-5-6-24-53(52)55-26-17-19-37-66(55)71/h1-45H. The van der Waals surface area contributed by atoms with Gasteiger partial charge in [0.25, 0.3) is 0 Å². The summed E-state index contributed by atoms with van der Waals surface area (Å²) in [6.07, 6.45) is 0. The minimum atomic E-state index is 1.12. The molecular weight excluding hydrogens is 855 g/mol. The molecule has 1 heteroatoms. The first-order valence-electron chi connectivity index (χ1n) is 24.6. The summed E-state index contributed by atoms with van der Waals surface area (Å²) in [5, 5.41) is 9.95. The van der Waals surface area contributed by atoms with Crippen LogP contribution in [0.5, 0.6) is 0 Å². The van der Waals surface area contributed by atoms with Crippen LogP contribution in [0.4, 0.5) is 17.1 Å². The molecule has 0 aliphatic carbocycles. The summed E-state index contributed by atoms with van der Waals surface area (Å²) in [5.41, 5.74) is 20.7. The fraction of sp³-hybridized carbons (Fsp3) is 0. The molecule has 0 fully saturated rings. The number of fused-ring (bicyclic) bond motifs is 9. The average Bonchev–Trinajstić information content (AvgIpc) is 3.57. The Hall–Kier alpha value is -9.30. The minimum Gasteiger partial charge on any atom is -0.309 e. The van der Waals surface area contributed by atoms with Gasteiger partial charge in [-0.25, -0.2) is 0 Å². The van der Waals surface area contributed by atoms with Crippen LogP contribution in [0.3, 0.4) is 0 Å². The number of nitrogens with zero attached hydrogens (tertiary/aromatic N) is 1. The van der Waals surface area contributed by atoms with Gasteiger partial charge in [0.15, 0.2) is 0 Å². The summed E-state index contributed by atoms with van der Waals surface area (Å²) in [6, 6.07) is 101. The highest BCUT2D eigenvalue weighted by molar-refractivity contribution is 6.24. The molecule has 14 rings (SSSR count). The van der Waals surface area contributed by atoms with E-state index < -0.39 is 0 Å². The van der Waals surface area contributed by atoms with E-state index in [-0.39, 0.29) is 0 Å². The number of para-hydroxylation sites is 2. The average molecular weight is 900 g/mol. The molecule has 0 atom stereocenters. The summed E-state index contributed by atoms with van der Waals surface area (Å²) in [4.78, 5) is 2.43. The molecular formula is C70H45N. The second kappa shape index (κ2) is 16.7. The van der Waals surface area contributed by atoms with Gasteiger partial charge in [0, 0.05) is 16.8 Å². The van der Waals surface area contributed by atoms with E-state index in [0.717, 1.165) is 5.69 Å². The lowest BCUT2D eigenvalue weighted by molar-refractivity contribution is 1.30. The van der Waals surface area contributed by atoms with Gasteiger partial charge in [-0.15, -0.1) is 0 Å². The Morgan fingerprint density at radius 2 is 0.451 bits per heavy atom. The highest BCUT2D eigenvalue weighted by atomic mass is 15.1. The molecule has 0 saturated heterocycles. The predicted molar refractivity (Wildman–Crippen MR) is 303 cm³/mol. The highest BCUT2D eigenvalue weighted by Crippen LogP contribution is 2.52. The summed E-state index contributed by atoms with van der Waals surface area (Å²) in [7, 11) is 0. The van der Waals surface area contributed by atoms with Gasteiger partial charge in [-0.2, -0.15) is 0 Å². The molecule has 330 valence electrons. The van der Waals surface area contributed by atoms with Crippen LogP contribution in [0.1, 0.15) is 0 Å². The van der Waals surface area contributed by atoms with Crippen molar-refractivity contribution >= 4 is 60.2 Å². The van der Waals surface area contributed by atoms with Gasteiger partial charge in [0.05, 0.1) is 11.4 Å². The normalized spacial score (nSPS) is 11.9. The summed E-state index contributed by atoms with van der Waals surface area (Å²) < 4.78 is 0. The van der Waals surface area contributed by atoms with Crippen LogP contribution in [0.15, 0.2) is 273 Å². The fourth-order valence-electron chi connectivity index (χ4n) is 11.8. The molecule has 0 saturated carbocycles. The summed E-state index contributed by atoms with van der Waals surface area (Å²) >= 11 is 0. The van der Waals surface area contributed by atoms with Gasteiger partial charge in [0.1, 0.15) is 0 Å². The van der Waals surface area contributed by atoms with Gasteiger partial charge in [-0.3, -0.25) is 0 Å². The Morgan fingerprint density at radius 3 is 0.845 bits per heavy atom. The molecule has 0 N–H and O–H groups in total. The Balaban J connectivity index is 0.896. The van der Waals surface area contributed by atoms with E-state index in [9.17, 15) is 0 Å². The van der Waals surface area contributed by atoms with Crippen molar-refractivity contribution in [3.8, 4) is 77.9 Å². The second-order valence-corrected chi connectivity index (χ2v) is 18.6. The van der Waals surface area contributed by atoms with Crippen LogP contribution in [0, 0.1) is 0 Å². The van der Waals surface area contributed by atoms with Gasteiger partial charge in [0.2, 0.25) is 0 Å². The zero-order valence-corrected chi connectivity index (χ0v) is 38.9. The predicted octanol–water partition coefficient (Wildman–Crippen LogP) is 19.8. The Morgan fingerprint density at radius 1 is 0.169 bits per heavy atom. The van der Waals surface area contributed by atoms with Crippen molar-refractivity contribution in [1.29, 1.82) is 0 Å². The molecule has 0 radical (unpaired) electrons. The van der Waals surface area contributed by atoms with Gasteiger partial charge in [-0.05, 0) is 134 Å². The lowest BCUT2D eigenvalue weighted by Crippen LogP contribution is -2.10. The number of hydrogen-bond donors (Lipinski definition) is 0. The second-order valence-electron chi connectivity index (χ2n) is 18.6. The van der Waals surface area contributed by atoms with Crippen LogP contribution < -0.4 is 4.90 Å². The lowest BCUT2D eigenvalue weighted by Gasteiger charge is -2.27. The summed E-state index contributed by atoms with van der Waals surface area (Å²) in [6.45, 7) is 0. The van der Waals surface area contributed by atoms with Gasteiger partial charge >= 0.3 is 0 Å². The third-order valence-electron chi connectivity index (χ3n) is 14.8. The molecule has 0 bridgehead atoms. The van der Waals surface area contributed by atoms with E-state index in [1.165, 1.54) is 132 Å². The minimum absolute atomic E-state index is 1.12. The summed E-state index contributed by atoms with van der Waals surface area (Å²) in [5.74, 6) is 0. The molecule has 0 spiro atoms. The largest absolute Gasteiger partial charge is 0.309 e. The topological polar surface area (TPSA) is 3.24 Å². The van der Waals surface area contributed by atoms with E-state index in [1.807, 2.05) is 0 Å². The maximum atomic E-state index is 2.43. The molecule has 13 aromatic rings. The third-order valence-corrected chi connectivity index (χ3v) is 14.8. The number of anilines is 3. The molecule has 0 amide bonds. The monoisotopic (exact) mass is 899 g/mol. The molecule has 1 nitrogen and oxygen atoms in total. The Labute approximate surface area is 413 Å². The van der Waals surface area contributed by atoms with Crippen molar-refractivity contribution in [3.05, 3.63) is 273 Å². The maximum absolute atomic E-state index is 2.43. The van der Waals surface area contributed by atoms with Crippen molar-refractivity contribution in [2.24, 2.45) is 0 Å². The van der Waals surface area contributed by atoms with Gasteiger partial charge in [-0.1, -0.05) is 249 Å². The lowest BCUT2D eigenvalue weighted by atomic mass is 9.83. The van der Waals surface area contributed by atoms with E-state index in [1.54, 1.807) is 0 Å². The first-order valence-corrected chi connectivity index (χ1v) is 24.6. The zero-order valence-electron chi connectivity index (χ0n) is 38.9. The van der Waals surface area contributed by atoms with E-state index in [0.29, 0.717) is 0 Å². The Bertz CT molecular complexity index is 4020. The van der Waals surface area contributed by atoms with Crippen molar-refractivity contribution in [2.45, 2.75) is 0 Å². The van der Waals surface area contributed by atoms with E-state index in [4.69, 9.17) is 0 Å². The smallest absolute Gasteiger partial charge is 0.0540 e. The molecule has 13 aromatic carbocycles. The first kappa shape index (κ1) is 40.7. The van der Waals surface area contributed by atoms with Gasteiger partial charge < -0.3 is 4.90 Å². The Kier molecular flexibility index (Phi) is 9.60. The fourth-order valence-corrected chi connectivity index (χ4v) is 11.8. The number of rotatable bonds is 6. The van der Waals surface area contributed by atoms with E-state index >= 15 is 0 Å². The molecule has 71 heavy (non-hydrogen) atoms. The van der Waals surface area contributed by atoms with Crippen molar-refractivity contribution in [2.75, 3.05) is 4.90 Å².